The van der Waals surface area contributed by atoms with Crippen molar-refractivity contribution in [2.75, 3.05) is 13.2 Å². The first-order valence-electron chi connectivity index (χ1n) is 8.81. The molecule has 1 saturated heterocycles. The number of hydrogen-bond donors (Lipinski definition) is 1. The smallest absolute Gasteiger partial charge is 0.220 e. The van der Waals surface area contributed by atoms with Gasteiger partial charge in [0.15, 0.2) is 0 Å². The summed E-state index contributed by atoms with van der Waals surface area (Å²) in [5.74, 6) is 1.10. The molecule has 0 aliphatic carbocycles. The predicted molar refractivity (Wildman–Crippen MR) is 99.1 cm³/mol. The molecule has 1 aliphatic rings. The summed E-state index contributed by atoms with van der Waals surface area (Å²) in [5, 5.41) is 8.03. The average Bonchev–Trinajstić information content (AvgIpc) is 3.34. The summed E-state index contributed by atoms with van der Waals surface area (Å²) in [6.07, 6.45) is 1.82. The lowest BCUT2D eigenvalue weighted by Gasteiger charge is -2.17. The molecule has 3 aromatic rings. The van der Waals surface area contributed by atoms with Crippen LogP contribution in [0.25, 0.3) is 10.2 Å². The molecule has 4 rings (SSSR count). The van der Waals surface area contributed by atoms with Crippen molar-refractivity contribution in [3.63, 3.8) is 0 Å². The summed E-state index contributed by atoms with van der Waals surface area (Å²) in [4.78, 5) is 16.9. The van der Waals surface area contributed by atoms with Gasteiger partial charge in [0.05, 0.1) is 40.2 Å². The summed E-state index contributed by atoms with van der Waals surface area (Å²) in [5.41, 5.74) is 1.87. The second-order valence-corrected chi connectivity index (χ2v) is 7.80. The van der Waals surface area contributed by atoms with Gasteiger partial charge in [0, 0.05) is 31.2 Å². The lowest BCUT2D eigenvalue weighted by atomic mass is 9.98. The first kappa shape index (κ1) is 17.2. The second kappa shape index (κ2) is 7.55. The van der Waals surface area contributed by atoms with Gasteiger partial charge in [0.25, 0.3) is 0 Å². The number of ether oxygens (including phenoxy) is 1. The van der Waals surface area contributed by atoms with Crippen molar-refractivity contribution in [1.82, 2.24) is 15.5 Å². The molecule has 6 nitrogen and oxygen atoms in total. The van der Waals surface area contributed by atoms with E-state index in [0.29, 0.717) is 26.1 Å². The maximum Gasteiger partial charge on any atom is 0.220 e. The molecule has 136 valence electrons. The van der Waals surface area contributed by atoms with Crippen molar-refractivity contribution in [2.45, 2.75) is 32.2 Å². The second-order valence-electron chi connectivity index (χ2n) is 6.69. The fourth-order valence-corrected chi connectivity index (χ4v) is 4.22. The van der Waals surface area contributed by atoms with Gasteiger partial charge in [0.2, 0.25) is 5.91 Å². The molecule has 1 N–H and O–H groups in total. The maximum absolute atomic E-state index is 12.4. The highest BCUT2D eigenvalue weighted by atomic mass is 32.1. The van der Waals surface area contributed by atoms with Crippen LogP contribution in [-0.2, 0) is 22.4 Å². The number of para-hydroxylation sites is 1. The molecule has 1 aromatic carbocycles. The highest BCUT2D eigenvalue weighted by molar-refractivity contribution is 7.18. The van der Waals surface area contributed by atoms with E-state index in [2.05, 4.69) is 21.5 Å². The maximum atomic E-state index is 12.4. The number of rotatable bonds is 6. The zero-order valence-corrected chi connectivity index (χ0v) is 15.4. The van der Waals surface area contributed by atoms with Crippen LogP contribution < -0.4 is 5.32 Å². The Balaban J connectivity index is 1.30. The van der Waals surface area contributed by atoms with Crippen molar-refractivity contribution in [3.05, 3.63) is 46.8 Å². The van der Waals surface area contributed by atoms with Crippen LogP contribution in [0.15, 0.2) is 34.9 Å². The normalized spacial score (nSPS) is 19.9. The van der Waals surface area contributed by atoms with Crippen molar-refractivity contribution < 1.29 is 14.1 Å². The SMILES string of the molecule is Cc1cc(C[C@@H]2COC[C@@H]2NC(=O)CCc2nc3ccccc3s2)on1. The number of amides is 1. The molecule has 1 fully saturated rings. The van der Waals surface area contributed by atoms with Gasteiger partial charge >= 0.3 is 0 Å². The molecule has 2 atom stereocenters. The zero-order valence-electron chi connectivity index (χ0n) is 14.6. The van der Waals surface area contributed by atoms with Crippen LogP contribution in [-0.4, -0.2) is 35.3 Å². The van der Waals surface area contributed by atoms with Crippen LogP contribution in [0.2, 0.25) is 0 Å². The van der Waals surface area contributed by atoms with Gasteiger partial charge in [-0.15, -0.1) is 11.3 Å². The molecule has 0 unspecified atom stereocenters. The fraction of sp³-hybridized carbons (Fsp3) is 0.421. The molecule has 2 aromatic heterocycles. The minimum Gasteiger partial charge on any atom is -0.379 e. The van der Waals surface area contributed by atoms with Gasteiger partial charge in [0.1, 0.15) is 5.76 Å². The minimum absolute atomic E-state index is 0.0169. The molecular weight excluding hydrogens is 350 g/mol. The zero-order chi connectivity index (χ0) is 17.9. The van der Waals surface area contributed by atoms with E-state index in [-0.39, 0.29) is 17.9 Å². The molecule has 3 heterocycles. The number of benzene rings is 1. The van der Waals surface area contributed by atoms with E-state index in [0.717, 1.165) is 33.1 Å². The number of carbonyl (C=O) groups is 1. The van der Waals surface area contributed by atoms with Crippen molar-refractivity contribution in [2.24, 2.45) is 5.92 Å². The first-order valence-corrected chi connectivity index (χ1v) is 9.63. The lowest BCUT2D eigenvalue weighted by molar-refractivity contribution is -0.122. The Labute approximate surface area is 155 Å². The monoisotopic (exact) mass is 371 g/mol. The number of fused-ring (bicyclic) bond motifs is 1. The Bertz CT molecular complexity index is 871. The molecule has 0 spiro atoms. The molecule has 0 radical (unpaired) electrons. The van der Waals surface area contributed by atoms with Crippen molar-refractivity contribution >= 4 is 27.5 Å². The number of aromatic nitrogens is 2. The van der Waals surface area contributed by atoms with E-state index in [9.17, 15) is 4.79 Å². The number of nitrogens with zero attached hydrogens (tertiary/aromatic N) is 2. The standard InChI is InChI=1S/C19H21N3O3S/c1-12-8-14(25-22-12)9-13-10-24-11-16(13)20-18(23)6-7-19-21-15-4-2-3-5-17(15)26-19/h2-5,8,13,16H,6-7,9-11H2,1H3,(H,20,23)/t13-,16+/m1/s1. The summed E-state index contributed by atoms with van der Waals surface area (Å²) < 4.78 is 12.0. The molecule has 7 heteroatoms. The summed E-state index contributed by atoms with van der Waals surface area (Å²) >= 11 is 1.65. The van der Waals surface area contributed by atoms with Crippen molar-refractivity contribution in [1.29, 1.82) is 0 Å². The van der Waals surface area contributed by atoms with Crippen LogP contribution >= 0.6 is 11.3 Å². The van der Waals surface area contributed by atoms with Crippen LogP contribution in [0.1, 0.15) is 22.9 Å². The van der Waals surface area contributed by atoms with Crippen LogP contribution in [0.3, 0.4) is 0 Å². The van der Waals surface area contributed by atoms with Crippen LogP contribution in [0.4, 0.5) is 0 Å². The predicted octanol–water partition coefficient (Wildman–Crippen LogP) is 2.90. The molecule has 1 amide bonds. The highest BCUT2D eigenvalue weighted by Gasteiger charge is 2.30. The Morgan fingerprint density at radius 1 is 1.35 bits per heavy atom. The minimum atomic E-state index is 0.0169. The van der Waals surface area contributed by atoms with E-state index < -0.39 is 0 Å². The fourth-order valence-electron chi connectivity index (χ4n) is 3.26. The van der Waals surface area contributed by atoms with Crippen molar-refractivity contribution in [3.8, 4) is 0 Å². The van der Waals surface area contributed by atoms with E-state index in [1.807, 2.05) is 31.2 Å². The van der Waals surface area contributed by atoms with Gasteiger partial charge in [-0.2, -0.15) is 0 Å². The Morgan fingerprint density at radius 2 is 2.23 bits per heavy atom. The molecule has 1 aliphatic heterocycles. The number of thiazole rings is 1. The number of hydrogen-bond acceptors (Lipinski definition) is 6. The number of nitrogens with one attached hydrogen (secondary N) is 1. The van der Waals surface area contributed by atoms with Crippen LogP contribution in [0, 0.1) is 12.8 Å². The average molecular weight is 371 g/mol. The topological polar surface area (TPSA) is 77.2 Å². The van der Waals surface area contributed by atoms with Gasteiger partial charge in [-0.05, 0) is 19.1 Å². The first-order chi connectivity index (χ1) is 12.7. The molecule has 0 saturated carbocycles. The number of carbonyl (C=O) groups excluding carboxylic acids is 1. The lowest BCUT2D eigenvalue weighted by Crippen LogP contribution is -2.40. The third kappa shape index (κ3) is 3.94. The Hall–Kier alpha value is -2.25. The third-order valence-electron chi connectivity index (χ3n) is 4.59. The summed E-state index contributed by atoms with van der Waals surface area (Å²) in [7, 11) is 0. The van der Waals surface area contributed by atoms with E-state index in [4.69, 9.17) is 9.26 Å². The van der Waals surface area contributed by atoms with E-state index in [1.54, 1.807) is 11.3 Å². The highest BCUT2D eigenvalue weighted by Crippen LogP contribution is 2.23. The number of aryl methyl sites for hydroxylation is 2. The summed E-state index contributed by atoms with van der Waals surface area (Å²) in [6, 6.07) is 10.00. The Morgan fingerprint density at radius 3 is 3.04 bits per heavy atom. The molecule has 26 heavy (non-hydrogen) atoms. The quantitative estimate of drug-likeness (QED) is 0.721. The largest absolute Gasteiger partial charge is 0.379 e. The Kier molecular flexibility index (Phi) is 4.99. The van der Waals surface area contributed by atoms with Crippen LogP contribution in [0.5, 0.6) is 0 Å². The van der Waals surface area contributed by atoms with Gasteiger partial charge in [-0.25, -0.2) is 4.98 Å². The third-order valence-corrected chi connectivity index (χ3v) is 5.69. The van der Waals surface area contributed by atoms with Gasteiger partial charge < -0.3 is 14.6 Å². The molecular formula is C19H21N3O3S. The van der Waals surface area contributed by atoms with Gasteiger partial charge in [-0.3, -0.25) is 4.79 Å². The molecule has 0 bridgehead atoms. The van der Waals surface area contributed by atoms with E-state index in [1.165, 1.54) is 0 Å². The van der Waals surface area contributed by atoms with Gasteiger partial charge in [-0.1, -0.05) is 17.3 Å². The van der Waals surface area contributed by atoms with E-state index >= 15 is 0 Å². The summed E-state index contributed by atoms with van der Waals surface area (Å²) in [6.45, 7) is 3.08.